The minimum atomic E-state index is -0.864. The van der Waals surface area contributed by atoms with E-state index in [1.165, 1.54) is 0 Å². The molecule has 24 heavy (non-hydrogen) atoms. The van der Waals surface area contributed by atoms with Gasteiger partial charge < -0.3 is 15.2 Å². The maximum absolute atomic E-state index is 13.7. The van der Waals surface area contributed by atoms with Crippen molar-refractivity contribution in [3.63, 3.8) is 0 Å². The van der Waals surface area contributed by atoms with E-state index >= 15 is 0 Å². The molecule has 2 heterocycles. The predicted molar refractivity (Wildman–Crippen MR) is 91.0 cm³/mol. The Morgan fingerprint density at radius 2 is 2.17 bits per heavy atom. The van der Waals surface area contributed by atoms with Crippen LogP contribution in [-0.2, 0) is 0 Å². The first-order valence-corrected chi connectivity index (χ1v) is 7.98. The third kappa shape index (κ3) is 3.53. The monoisotopic (exact) mass is 447 g/mol. The van der Waals surface area contributed by atoms with Gasteiger partial charge in [0.05, 0.1) is 11.5 Å². The van der Waals surface area contributed by atoms with Crippen LogP contribution in [0.1, 0.15) is 6.92 Å². The molecule has 0 amide bonds. The smallest absolute Gasteiger partial charge is 0.326 e. The zero-order valence-electron chi connectivity index (χ0n) is 12.3. The Kier molecular flexibility index (Phi) is 4.76. The predicted octanol–water partition coefficient (Wildman–Crippen LogP) is 2.82. The van der Waals surface area contributed by atoms with Crippen LogP contribution in [0.3, 0.4) is 0 Å². The summed E-state index contributed by atoms with van der Waals surface area (Å²) in [5.74, 6) is -1.39. The molecule has 0 aliphatic rings. The van der Waals surface area contributed by atoms with E-state index in [4.69, 9.17) is 4.74 Å². The molecule has 7 nitrogen and oxygen atoms in total. The standard InChI is InChI=1S/C14H12F2IN5O2/c1-6(23)5-18-12-10-11(17)21-22-13(10)20-14(19-12)24-9-3-2-7(15)4-8(9)16/h2-4,6,23H,5H2,1H3,(H2,18,19,20,21,22)/t6-/m0/s1. The molecule has 0 radical (unpaired) electrons. The first kappa shape index (κ1) is 16.8. The quantitative estimate of drug-likeness (QED) is 0.521. The normalized spacial score (nSPS) is 12.4. The minimum absolute atomic E-state index is 0.138. The Bertz CT molecular complexity index is 887. The molecular formula is C14H12F2IN5O2. The van der Waals surface area contributed by atoms with Gasteiger partial charge >= 0.3 is 6.01 Å². The number of nitrogens with zero attached hydrogens (tertiary/aromatic N) is 3. The first-order chi connectivity index (χ1) is 11.4. The Morgan fingerprint density at radius 1 is 1.38 bits per heavy atom. The summed E-state index contributed by atoms with van der Waals surface area (Å²) in [7, 11) is 0. The highest BCUT2D eigenvalue weighted by Gasteiger charge is 2.16. The fourth-order valence-electron chi connectivity index (χ4n) is 1.95. The molecule has 0 aliphatic heterocycles. The fourth-order valence-corrected chi connectivity index (χ4v) is 2.58. The number of fused-ring (bicyclic) bond motifs is 1. The molecule has 10 heteroatoms. The van der Waals surface area contributed by atoms with Crippen molar-refractivity contribution >= 4 is 39.4 Å². The van der Waals surface area contributed by atoms with Gasteiger partial charge in [-0.05, 0) is 41.6 Å². The highest BCUT2D eigenvalue weighted by atomic mass is 127. The lowest BCUT2D eigenvalue weighted by Gasteiger charge is -2.11. The van der Waals surface area contributed by atoms with Gasteiger partial charge in [0.15, 0.2) is 17.2 Å². The van der Waals surface area contributed by atoms with Crippen molar-refractivity contribution in [2.45, 2.75) is 13.0 Å². The van der Waals surface area contributed by atoms with E-state index in [1.54, 1.807) is 6.92 Å². The lowest BCUT2D eigenvalue weighted by Crippen LogP contribution is -2.16. The Balaban J connectivity index is 1.99. The Morgan fingerprint density at radius 3 is 2.88 bits per heavy atom. The van der Waals surface area contributed by atoms with Crippen LogP contribution in [0.5, 0.6) is 11.8 Å². The van der Waals surface area contributed by atoms with Crippen molar-refractivity contribution in [3.8, 4) is 11.8 Å². The van der Waals surface area contributed by atoms with Crippen molar-refractivity contribution < 1.29 is 18.6 Å². The van der Waals surface area contributed by atoms with Crippen LogP contribution < -0.4 is 10.1 Å². The number of aliphatic hydroxyl groups is 1. The summed E-state index contributed by atoms with van der Waals surface area (Å²) in [5.41, 5.74) is 0.389. The number of H-pyrrole nitrogens is 1. The number of aromatic amines is 1. The van der Waals surface area contributed by atoms with E-state index in [-0.39, 0.29) is 18.3 Å². The zero-order valence-corrected chi connectivity index (χ0v) is 14.5. The van der Waals surface area contributed by atoms with Crippen LogP contribution >= 0.6 is 22.6 Å². The van der Waals surface area contributed by atoms with Crippen molar-refractivity contribution in [2.24, 2.45) is 0 Å². The molecule has 0 saturated heterocycles. The number of benzene rings is 1. The highest BCUT2D eigenvalue weighted by molar-refractivity contribution is 14.1. The third-order valence-corrected chi connectivity index (χ3v) is 3.80. The van der Waals surface area contributed by atoms with Crippen LogP contribution in [0.4, 0.5) is 14.6 Å². The average molecular weight is 447 g/mol. The number of rotatable bonds is 5. The maximum Gasteiger partial charge on any atom is 0.326 e. The van der Waals surface area contributed by atoms with Gasteiger partial charge in [-0.15, -0.1) is 0 Å². The van der Waals surface area contributed by atoms with Gasteiger partial charge in [0, 0.05) is 12.6 Å². The molecule has 3 N–H and O–H groups in total. The van der Waals surface area contributed by atoms with Gasteiger partial charge in [-0.25, -0.2) is 8.78 Å². The topological polar surface area (TPSA) is 96.0 Å². The van der Waals surface area contributed by atoms with E-state index < -0.39 is 17.7 Å². The number of hydrogen-bond acceptors (Lipinski definition) is 6. The van der Waals surface area contributed by atoms with Crippen LogP contribution in [0, 0.1) is 15.3 Å². The summed E-state index contributed by atoms with van der Waals surface area (Å²) in [6.07, 6.45) is -0.599. The van der Waals surface area contributed by atoms with Crippen LogP contribution in [0.25, 0.3) is 11.0 Å². The van der Waals surface area contributed by atoms with Crippen LogP contribution in [-0.4, -0.2) is 37.9 Å². The Labute approximate surface area is 148 Å². The van der Waals surface area contributed by atoms with Gasteiger partial charge in [0.25, 0.3) is 0 Å². The number of anilines is 1. The van der Waals surface area contributed by atoms with E-state index in [1.807, 2.05) is 22.6 Å². The lowest BCUT2D eigenvalue weighted by molar-refractivity contribution is 0.208. The van der Waals surface area contributed by atoms with E-state index in [9.17, 15) is 13.9 Å². The van der Waals surface area contributed by atoms with Gasteiger partial charge in [-0.2, -0.15) is 15.1 Å². The molecule has 1 aromatic carbocycles. The number of aliphatic hydroxyl groups excluding tert-OH is 1. The molecule has 0 saturated carbocycles. The second-order valence-electron chi connectivity index (χ2n) is 5.00. The SMILES string of the molecule is C[C@H](O)CNc1nc(Oc2ccc(F)cc2F)nc2[nH]nc(I)c12. The lowest BCUT2D eigenvalue weighted by atomic mass is 10.3. The number of hydrogen-bond donors (Lipinski definition) is 3. The molecule has 0 unspecified atom stereocenters. The fraction of sp³-hybridized carbons (Fsp3) is 0.214. The van der Waals surface area contributed by atoms with Crippen LogP contribution in [0.15, 0.2) is 18.2 Å². The third-order valence-electron chi connectivity index (χ3n) is 3.01. The maximum atomic E-state index is 13.7. The molecular weight excluding hydrogens is 435 g/mol. The second kappa shape index (κ2) is 6.81. The molecule has 0 bridgehead atoms. The first-order valence-electron chi connectivity index (χ1n) is 6.90. The molecule has 0 fully saturated rings. The zero-order chi connectivity index (χ0) is 17.3. The van der Waals surface area contributed by atoms with Crippen molar-refractivity contribution in [1.29, 1.82) is 0 Å². The number of nitrogens with one attached hydrogen (secondary N) is 2. The molecule has 3 rings (SSSR count). The largest absolute Gasteiger partial charge is 0.421 e. The summed E-state index contributed by atoms with van der Waals surface area (Å²) in [4.78, 5) is 8.31. The van der Waals surface area contributed by atoms with Gasteiger partial charge in [-0.3, -0.25) is 5.10 Å². The summed E-state index contributed by atoms with van der Waals surface area (Å²) < 4.78 is 32.6. The van der Waals surface area contributed by atoms with E-state index in [2.05, 4.69) is 25.5 Å². The number of ether oxygens (including phenoxy) is 1. The average Bonchev–Trinajstić information content (AvgIpc) is 2.89. The van der Waals surface area contributed by atoms with Crippen molar-refractivity contribution in [1.82, 2.24) is 20.2 Å². The summed E-state index contributed by atoms with van der Waals surface area (Å²) >= 11 is 2.01. The molecule has 1 atom stereocenters. The van der Waals surface area contributed by atoms with Crippen molar-refractivity contribution in [2.75, 3.05) is 11.9 Å². The minimum Gasteiger partial charge on any atom is -0.421 e. The number of aromatic nitrogens is 4. The summed E-state index contributed by atoms with van der Waals surface area (Å²) in [6.45, 7) is 1.87. The molecule has 0 aliphatic carbocycles. The second-order valence-corrected chi connectivity index (χ2v) is 6.02. The molecule has 126 valence electrons. The van der Waals surface area contributed by atoms with E-state index in [0.29, 0.717) is 26.6 Å². The summed E-state index contributed by atoms with van der Waals surface area (Å²) in [5, 5.41) is 19.8. The van der Waals surface area contributed by atoms with Gasteiger partial charge in [-0.1, -0.05) is 0 Å². The summed E-state index contributed by atoms with van der Waals surface area (Å²) in [6, 6.07) is 2.79. The van der Waals surface area contributed by atoms with Gasteiger partial charge in [0.2, 0.25) is 0 Å². The van der Waals surface area contributed by atoms with E-state index in [0.717, 1.165) is 12.1 Å². The number of halogens is 3. The van der Waals surface area contributed by atoms with Crippen LogP contribution in [0.2, 0.25) is 0 Å². The molecule has 3 aromatic rings. The molecule has 0 spiro atoms. The van der Waals surface area contributed by atoms with Crippen molar-refractivity contribution in [3.05, 3.63) is 33.5 Å². The molecule has 2 aromatic heterocycles. The Hall–Kier alpha value is -2.08. The highest BCUT2D eigenvalue weighted by Crippen LogP contribution is 2.28. The van der Waals surface area contributed by atoms with Gasteiger partial charge in [0.1, 0.15) is 15.3 Å².